The maximum atomic E-state index is 12.8. The summed E-state index contributed by atoms with van der Waals surface area (Å²) in [5, 5.41) is 2.94. The molecule has 1 amide bonds. The molecule has 0 unspecified atom stereocenters. The van der Waals surface area contributed by atoms with Crippen molar-refractivity contribution in [3.8, 4) is 0 Å². The van der Waals surface area contributed by atoms with Crippen molar-refractivity contribution in [1.29, 1.82) is 0 Å². The molecular weight excluding hydrogens is 398 g/mol. The number of hydrogen-bond donors (Lipinski definition) is 1. The topological polar surface area (TPSA) is 78.8 Å². The average molecular weight is 422 g/mol. The Morgan fingerprint density at radius 2 is 1.67 bits per heavy atom. The van der Waals surface area contributed by atoms with E-state index in [1.54, 1.807) is 23.3 Å². The first-order chi connectivity index (χ1) is 14.5. The molecule has 2 heterocycles. The third-order valence-corrected chi connectivity index (χ3v) is 6.37. The Morgan fingerprint density at radius 3 is 2.30 bits per heavy atom. The summed E-state index contributed by atoms with van der Waals surface area (Å²) in [5.41, 5.74) is 2.65. The van der Waals surface area contributed by atoms with Crippen LogP contribution in [0.25, 0.3) is 0 Å². The minimum Gasteiger partial charge on any atom is -0.352 e. The lowest BCUT2D eigenvalue weighted by Crippen LogP contribution is -2.42. The minimum absolute atomic E-state index is 0.0500. The van der Waals surface area contributed by atoms with E-state index in [-0.39, 0.29) is 29.0 Å². The fourth-order valence-corrected chi connectivity index (χ4v) is 4.70. The molecule has 30 heavy (non-hydrogen) atoms. The highest BCUT2D eigenvalue weighted by Crippen LogP contribution is 2.27. The Hall–Kier alpha value is -3.19. The van der Waals surface area contributed by atoms with Crippen LogP contribution >= 0.6 is 0 Å². The van der Waals surface area contributed by atoms with Crippen molar-refractivity contribution in [2.45, 2.75) is 12.3 Å². The Morgan fingerprint density at radius 1 is 1.03 bits per heavy atom. The van der Waals surface area contributed by atoms with Gasteiger partial charge in [-0.25, -0.2) is 8.42 Å². The van der Waals surface area contributed by atoms with Gasteiger partial charge in [-0.2, -0.15) is 0 Å². The number of allylic oxidation sites excluding steroid dienone is 2. The number of nitrogens with zero attached hydrogens (tertiary/aromatic N) is 2. The molecule has 4 rings (SSSR count). The van der Waals surface area contributed by atoms with Crippen LogP contribution in [0.3, 0.4) is 0 Å². The minimum atomic E-state index is -3.53. The van der Waals surface area contributed by atoms with E-state index in [1.165, 1.54) is 11.1 Å². The predicted molar refractivity (Wildman–Crippen MR) is 118 cm³/mol. The first-order valence-corrected chi connectivity index (χ1v) is 11.5. The van der Waals surface area contributed by atoms with Crippen LogP contribution in [-0.2, 0) is 14.8 Å². The molecule has 0 saturated carbocycles. The zero-order valence-corrected chi connectivity index (χ0v) is 17.3. The predicted octanol–water partition coefficient (Wildman–Crippen LogP) is 2.82. The molecule has 2 aromatic carbocycles. The molecule has 0 aromatic heterocycles. The fourth-order valence-electron chi connectivity index (χ4n) is 3.72. The van der Waals surface area contributed by atoms with E-state index in [0.29, 0.717) is 13.1 Å². The number of carbonyl (C=O) groups is 1. The molecule has 0 atom stereocenters. The number of nitrogens with one attached hydrogen (secondary N) is 1. The van der Waals surface area contributed by atoms with Gasteiger partial charge in [-0.1, -0.05) is 60.7 Å². The summed E-state index contributed by atoms with van der Waals surface area (Å²) in [7, 11) is -3.53. The van der Waals surface area contributed by atoms with Gasteiger partial charge in [0, 0.05) is 25.2 Å². The maximum Gasteiger partial charge on any atom is 0.256 e. The normalized spacial score (nSPS) is 17.2. The number of amidine groups is 1. The smallest absolute Gasteiger partial charge is 0.256 e. The lowest BCUT2D eigenvalue weighted by atomic mass is 9.88. The first kappa shape index (κ1) is 20.1. The van der Waals surface area contributed by atoms with Gasteiger partial charge in [0.15, 0.2) is 5.84 Å². The van der Waals surface area contributed by atoms with E-state index < -0.39 is 10.0 Å². The van der Waals surface area contributed by atoms with Gasteiger partial charge >= 0.3 is 0 Å². The van der Waals surface area contributed by atoms with Gasteiger partial charge in [-0.3, -0.25) is 4.79 Å². The van der Waals surface area contributed by atoms with Gasteiger partial charge in [-0.05, 0) is 29.7 Å². The zero-order valence-electron chi connectivity index (χ0n) is 16.4. The highest BCUT2D eigenvalue weighted by molar-refractivity contribution is 7.90. The summed E-state index contributed by atoms with van der Waals surface area (Å²) in [6.45, 7) is 0.751. The fraction of sp³-hybridized carbons (Fsp3) is 0.217. The molecule has 0 bridgehead atoms. The number of fused-ring (bicyclic) bond motifs is 1. The summed E-state index contributed by atoms with van der Waals surface area (Å²) in [6, 6.07) is 20.4. The molecule has 2 aliphatic rings. The first-order valence-electron chi connectivity index (χ1n) is 9.90. The van der Waals surface area contributed by atoms with Crippen molar-refractivity contribution in [2.24, 2.45) is 4.40 Å². The number of hydrogen-bond acceptors (Lipinski definition) is 4. The molecule has 1 N–H and O–H groups in total. The molecular formula is C23H23N3O3S. The van der Waals surface area contributed by atoms with Crippen LogP contribution in [0.5, 0.6) is 0 Å². The van der Waals surface area contributed by atoms with Crippen LogP contribution < -0.4 is 5.32 Å². The molecule has 2 aromatic rings. The molecule has 7 heteroatoms. The Kier molecular flexibility index (Phi) is 5.81. The standard InChI is InChI=1S/C23H23N3O3S/c27-23(21-12-7-15-26-16-17-30(28,29)25-22(21)26)24-14-13-20(18-8-3-1-4-9-18)19-10-5-2-6-11-19/h1-12,15,20H,13-14,16-17H2,(H,24,27). The monoisotopic (exact) mass is 421 g/mol. The number of benzene rings is 2. The second-order valence-corrected chi connectivity index (χ2v) is 8.99. The van der Waals surface area contributed by atoms with Crippen molar-refractivity contribution < 1.29 is 13.2 Å². The van der Waals surface area contributed by atoms with E-state index in [0.717, 1.165) is 6.42 Å². The van der Waals surface area contributed by atoms with Crippen molar-refractivity contribution in [3.63, 3.8) is 0 Å². The molecule has 0 saturated heterocycles. The summed E-state index contributed by atoms with van der Waals surface area (Å²) < 4.78 is 27.6. The van der Waals surface area contributed by atoms with Crippen molar-refractivity contribution in [3.05, 3.63) is 95.7 Å². The molecule has 0 radical (unpaired) electrons. The van der Waals surface area contributed by atoms with Crippen LogP contribution in [-0.4, -0.2) is 43.9 Å². The van der Waals surface area contributed by atoms with Crippen LogP contribution in [0.1, 0.15) is 23.5 Å². The Bertz CT molecular complexity index is 1070. The summed E-state index contributed by atoms with van der Waals surface area (Å²) in [4.78, 5) is 14.5. The van der Waals surface area contributed by atoms with E-state index in [9.17, 15) is 13.2 Å². The SMILES string of the molecule is O=C(NCCC(c1ccccc1)c1ccccc1)C1=CC=CN2CCS(=O)(=O)N=C12. The van der Waals surface area contributed by atoms with E-state index in [1.807, 2.05) is 36.4 Å². The van der Waals surface area contributed by atoms with Crippen molar-refractivity contribution in [1.82, 2.24) is 10.2 Å². The number of carbonyl (C=O) groups excluding carboxylic acids is 1. The van der Waals surface area contributed by atoms with Crippen LogP contribution in [0.15, 0.2) is 89.0 Å². The molecule has 0 spiro atoms. The number of sulfonamides is 1. The van der Waals surface area contributed by atoms with Crippen molar-refractivity contribution in [2.75, 3.05) is 18.8 Å². The second-order valence-electron chi connectivity index (χ2n) is 7.23. The summed E-state index contributed by atoms with van der Waals surface area (Å²) >= 11 is 0. The lowest BCUT2D eigenvalue weighted by molar-refractivity contribution is -0.117. The van der Waals surface area contributed by atoms with Gasteiger partial charge in [0.05, 0.1) is 11.3 Å². The maximum absolute atomic E-state index is 12.8. The van der Waals surface area contributed by atoms with Gasteiger partial charge < -0.3 is 10.2 Å². The Labute approximate surface area is 176 Å². The highest BCUT2D eigenvalue weighted by Gasteiger charge is 2.29. The van der Waals surface area contributed by atoms with Gasteiger partial charge in [-0.15, -0.1) is 4.40 Å². The third-order valence-electron chi connectivity index (χ3n) is 5.22. The lowest BCUT2D eigenvalue weighted by Gasteiger charge is -2.28. The number of amides is 1. The zero-order chi connectivity index (χ0) is 21.0. The van der Waals surface area contributed by atoms with E-state index in [4.69, 9.17) is 0 Å². The highest BCUT2D eigenvalue weighted by atomic mass is 32.2. The molecule has 2 aliphatic heterocycles. The van der Waals surface area contributed by atoms with Gasteiger partial charge in [0.25, 0.3) is 15.9 Å². The van der Waals surface area contributed by atoms with Crippen LogP contribution in [0, 0.1) is 0 Å². The largest absolute Gasteiger partial charge is 0.352 e. The second kappa shape index (κ2) is 8.67. The molecule has 154 valence electrons. The van der Waals surface area contributed by atoms with Crippen LogP contribution in [0.2, 0.25) is 0 Å². The molecule has 0 aliphatic carbocycles. The molecule has 6 nitrogen and oxygen atoms in total. The third kappa shape index (κ3) is 4.52. The van der Waals surface area contributed by atoms with Gasteiger partial charge in [0.2, 0.25) is 0 Å². The van der Waals surface area contributed by atoms with E-state index >= 15 is 0 Å². The van der Waals surface area contributed by atoms with Gasteiger partial charge in [0.1, 0.15) is 0 Å². The Balaban J connectivity index is 1.47. The van der Waals surface area contributed by atoms with Crippen LogP contribution in [0.4, 0.5) is 0 Å². The quantitative estimate of drug-likeness (QED) is 0.778. The number of rotatable bonds is 6. The molecule has 0 fully saturated rings. The average Bonchev–Trinajstić information content (AvgIpc) is 2.77. The summed E-state index contributed by atoms with van der Waals surface area (Å²) in [6.07, 6.45) is 5.81. The summed E-state index contributed by atoms with van der Waals surface area (Å²) in [5.74, 6) is -0.0215. The van der Waals surface area contributed by atoms with Crippen molar-refractivity contribution >= 4 is 21.8 Å². The van der Waals surface area contributed by atoms with E-state index in [2.05, 4.69) is 34.0 Å².